The number of nitrogens with zero attached hydrogens (tertiary/aromatic N) is 3. The molecule has 0 radical (unpaired) electrons. The minimum absolute atomic E-state index is 0.0437. The maximum absolute atomic E-state index is 14.2. The zero-order valence-corrected chi connectivity index (χ0v) is 16.2. The van der Waals surface area contributed by atoms with Gasteiger partial charge in [-0.3, -0.25) is 9.59 Å². The zero-order chi connectivity index (χ0) is 21.9. The quantitative estimate of drug-likeness (QED) is 0.765. The van der Waals surface area contributed by atoms with E-state index in [0.717, 1.165) is 17.0 Å². The molecule has 10 heteroatoms. The van der Waals surface area contributed by atoms with E-state index in [1.165, 1.54) is 6.20 Å². The number of anilines is 1. The van der Waals surface area contributed by atoms with E-state index in [0.29, 0.717) is 37.0 Å². The summed E-state index contributed by atoms with van der Waals surface area (Å²) in [7, 11) is 0. The summed E-state index contributed by atoms with van der Waals surface area (Å²) >= 11 is 0. The molecule has 30 heavy (non-hydrogen) atoms. The van der Waals surface area contributed by atoms with Crippen molar-refractivity contribution < 1.29 is 27.2 Å². The third-order valence-electron chi connectivity index (χ3n) is 4.69. The molecule has 1 aromatic heterocycles. The highest BCUT2D eigenvalue weighted by molar-refractivity contribution is 5.96. The second-order valence-corrected chi connectivity index (χ2v) is 6.75. The van der Waals surface area contributed by atoms with Crippen LogP contribution in [0.25, 0.3) is 0 Å². The molecule has 0 bridgehead atoms. The Morgan fingerprint density at radius 1 is 1.17 bits per heavy atom. The molecule has 1 N–H and O–H groups in total. The fraction of sp³-hybridized carbons (Fsp3) is 0.350. The number of aromatic nitrogens is 1. The third-order valence-corrected chi connectivity index (χ3v) is 4.69. The molecule has 1 saturated heterocycles. The van der Waals surface area contributed by atoms with Gasteiger partial charge in [0.1, 0.15) is 11.6 Å². The predicted octanol–water partition coefficient (Wildman–Crippen LogP) is 3.30. The Hall–Kier alpha value is -3.17. The normalized spacial score (nSPS) is 14.6. The number of pyridine rings is 1. The van der Waals surface area contributed by atoms with Gasteiger partial charge in [-0.25, -0.2) is 9.37 Å². The highest BCUT2D eigenvalue weighted by atomic mass is 19.4. The van der Waals surface area contributed by atoms with Crippen LogP contribution in [0.1, 0.15) is 39.6 Å². The van der Waals surface area contributed by atoms with Gasteiger partial charge in [-0.15, -0.1) is 0 Å². The number of carbonyl (C=O) groups excluding carboxylic acids is 2. The monoisotopic (exact) mass is 424 g/mol. The van der Waals surface area contributed by atoms with Gasteiger partial charge in [0.15, 0.2) is 0 Å². The van der Waals surface area contributed by atoms with Crippen LogP contribution in [-0.2, 0) is 6.18 Å². The van der Waals surface area contributed by atoms with Crippen LogP contribution in [0.4, 0.5) is 23.4 Å². The highest BCUT2D eigenvalue weighted by Crippen LogP contribution is 2.34. The molecular formula is C20H20F4N4O2. The molecule has 0 atom stereocenters. The summed E-state index contributed by atoms with van der Waals surface area (Å²) in [5.41, 5.74) is -1.91. The number of hydrogen-bond acceptors (Lipinski definition) is 4. The molecule has 0 aliphatic carbocycles. The molecule has 1 aromatic carbocycles. The summed E-state index contributed by atoms with van der Waals surface area (Å²) in [4.78, 5) is 31.7. The van der Waals surface area contributed by atoms with E-state index < -0.39 is 29.0 Å². The standard InChI is InChI=1S/C20H20F4N4O2/c1-2-25-18(29)13-7-8-16(26-11-13)27-9-4-10-28(12-27)19(30)17-14(20(22,23)24)5-3-6-15(17)21/h3,5-8,11H,2,4,9-10,12H2,1H3,(H,25,29). The van der Waals surface area contributed by atoms with Crippen molar-refractivity contribution in [2.24, 2.45) is 0 Å². The maximum atomic E-state index is 14.2. The number of nitrogens with one attached hydrogen (secondary N) is 1. The van der Waals surface area contributed by atoms with Crippen LogP contribution in [0.3, 0.4) is 0 Å². The van der Waals surface area contributed by atoms with Crippen LogP contribution >= 0.6 is 0 Å². The molecule has 6 nitrogen and oxygen atoms in total. The summed E-state index contributed by atoms with van der Waals surface area (Å²) in [6, 6.07) is 5.64. The van der Waals surface area contributed by atoms with Crippen LogP contribution in [0.15, 0.2) is 36.5 Å². The van der Waals surface area contributed by atoms with Crippen LogP contribution in [0, 0.1) is 5.82 Å². The lowest BCUT2D eigenvalue weighted by Gasteiger charge is -2.36. The van der Waals surface area contributed by atoms with E-state index in [4.69, 9.17) is 0 Å². The van der Waals surface area contributed by atoms with Crippen LogP contribution in [0.5, 0.6) is 0 Å². The van der Waals surface area contributed by atoms with Crippen molar-refractivity contribution in [3.05, 3.63) is 59.0 Å². The summed E-state index contributed by atoms with van der Waals surface area (Å²) in [6.45, 7) is 2.93. The van der Waals surface area contributed by atoms with E-state index in [2.05, 4.69) is 10.3 Å². The maximum Gasteiger partial charge on any atom is 0.417 e. The van der Waals surface area contributed by atoms with Gasteiger partial charge < -0.3 is 15.1 Å². The van der Waals surface area contributed by atoms with Gasteiger partial charge in [-0.2, -0.15) is 13.2 Å². The van der Waals surface area contributed by atoms with E-state index in [1.54, 1.807) is 24.0 Å². The number of carbonyl (C=O) groups is 2. The average Bonchev–Trinajstić information content (AvgIpc) is 2.73. The Kier molecular flexibility index (Phi) is 6.23. The Morgan fingerprint density at radius 2 is 1.93 bits per heavy atom. The predicted molar refractivity (Wildman–Crippen MR) is 102 cm³/mol. The van der Waals surface area contributed by atoms with Gasteiger partial charge in [0.05, 0.1) is 23.4 Å². The highest BCUT2D eigenvalue weighted by Gasteiger charge is 2.38. The second-order valence-electron chi connectivity index (χ2n) is 6.75. The molecule has 1 aliphatic rings. The van der Waals surface area contributed by atoms with E-state index in [-0.39, 0.29) is 19.1 Å². The van der Waals surface area contributed by atoms with Crippen molar-refractivity contribution in [1.29, 1.82) is 0 Å². The van der Waals surface area contributed by atoms with Gasteiger partial charge in [-0.1, -0.05) is 6.07 Å². The number of alkyl halides is 3. The van der Waals surface area contributed by atoms with Crippen molar-refractivity contribution in [2.75, 3.05) is 31.2 Å². The average molecular weight is 424 g/mol. The fourth-order valence-electron chi connectivity index (χ4n) is 3.26. The fourth-order valence-corrected chi connectivity index (χ4v) is 3.26. The number of halogens is 4. The van der Waals surface area contributed by atoms with Crippen molar-refractivity contribution in [3.8, 4) is 0 Å². The third kappa shape index (κ3) is 4.52. The van der Waals surface area contributed by atoms with Crippen molar-refractivity contribution >= 4 is 17.6 Å². The van der Waals surface area contributed by atoms with Crippen LogP contribution in [0.2, 0.25) is 0 Å². The van der Waals surface area contributed by atoms with Gasteiger partial charge in [0.25, 0.3) is 11.8 Å². The van der Waals surface area contributed by atoms with Crippen molar-refractivity contribution in [3.63, 3.8) is 0 Å². The van der Waals surface area contributed by atoms with Gasteiger partial charge in [0, 0.05) is 25.8 Å². The number of amides is 2. The molecule has 2 aromatic rings. The Labute approximate surface area is 170 Å². The Morgan fingerprint density at radius 3 is 2.57 bits per heavy atom. The summed E-state index contributed by atoms with van der Waals surface area (Å²) in [5.74, 6) is -2.04. The molecule has 0 saturated carbocycles. The zero-order valence-electron chi connectivity index (χ0n) is 16.2. The molecule has 2 heterocycles. The number of benzene rings is 1. The van der Waals surface area contributed by atoms with Gasteiger partial charge in [-0.05, 0) is 37.6 Å². The summed E-state index contributed by atoms with van der Waals surface area (Å²) in [6.07, 6.45) is -2.99. The smallest absolute Gasteiger partial charge is 0.352 e. The first-order chi connectivity index (χ1) is 14.2. The topological polar surface area (TPSA) is 65.5 Å². The number of rotatable bonds is 4. The molecule has 0 unspecified atom stereocenters. The lowest BCUT2D eigenvalue weighted by molar-refractivity contribution is -0.138. The Balaban J connectivity index is 1.80. The van der Waals surface area contributed by atoms with Crippen molar-refractivity contribution in [1.82, 2.24) is 15.2 Å². The lowest BCUT2D eigenvalue weighted by atomic mass is 10.0. The van der Waals surface area contributed by atoms with Gasteiger partial charge in [0.2, 0.25) is 0 Å². The molecular weight excluding hydrogens is 404 g/mol. The summed E-state index contributed by atoms with van der Waals surface area (Å²) < 4.78 is 54.0. The summed E-state index contributed by atoms with van der Waals surface area (Å²) in [5, 5.41) is 2.65. The molecule has 1 fully saturated rings. The van der Waals surface area contributed by atoms with Crippen molar-refractivity contribution in [2.45, 2.75) is 19.5 Å². The minimum atomic E-state index is -4.85. The molecule has 0 spiro atoms. The second kappa shape index (κ2) is 8.68. The number of hydrogen-bond donors (Lipinski definition) is 1. The molecule has 160 valence electrons. The SMILES string of the molecule is CCNC(=O)c1ccc(N2CCCN(C(=O)c3c(F)cccc3C(F)(F)F)C2)nc1. The van der Waals surface area contributed by atoms with Crippen LogP contribution < -0.4 is 10.2 Å². The van der Waals surface area contributed by atoms with Crippen LogP contribution in [-0.4, -0.2) is 48.0 Å². The van der Waals surface area contributed by atoms with E-state index in [9.17, 15) is 27.2 Å². The first-order valence-corrected chi connectivity index (χ1v) is 9.36. The van der Waals surface area contributed by atoms with E-state index in [1.807, 2.05) is 0 Å². The lowest BCUT2D eigenvalue weighted by Crippen LogP contribution is -2.48. The largest absolute Gasteiger partial charge is 0.417 e. The van der Waals surface area contributed by atoms with Gasteiger partial charge >= 0.3 is 6.18 Å². The first kappa shape index (κ1) is 21.5. The molecule has 2 amide bonds. The van der Waals surface area contributed by atoms with E-state index >= 15 is 0 Å². The minimum Gasteiger partial charge on any atom is -0.352 e. The molecule has 1 aliphatic heterocycles. The first-order valence-electron chi connectivity index (χ1n) is 9.36. The molecule has 3 rings (SSSR count). The Bertz CT molecular complexity index is 931.